The maximum absolute atomic E-state index is 9.78. The zero-order valence-electron chi connectivity index (χ0n) is 9.97. The van der Waals surface area contributed by atoms with Gasteiger partial charge in [-0.15, -0.1) is 0 Å². The van der Waals surface area contributed by atoms with Crippen molar-refractivity contribution in [2.75, 3.05) is 6.54 Å². The minimum atomic E-state index is -1.29. The van der Waals surface area contributed by atoms with E-state index in [4.69, 9.17) is 4.74 Å². The third kappa shape index (κ3) is 3.40. The van der Waals surface area contributed by atoms with E-state index in [9.17, 15) is 15.3 Å². The third-order valence-corrected chi connectivity index (χ3v) is 3.03. The van der Waals surface area contributed by atoms with Crippen LogP contribution in [0.2, 0.25) is 0 Å². The number of aliphatic hydroxyl groups is 3. The van der Waals surface area contributed by atoms with Crippen LogP contribution in [0.5, 0.6) is 0 Å². The van der Waals surface area contributed by atoms with E-state index in [0.717, 1.165) is 25.8 Å². The molecule has 0 radical (unpaired) electrons. The Morgan fingerprint density at radius 3 is 2.44 bits per heavy atom. The Hall–Kier alpha value is -0.200. The second-order valence-electron chi connectivity index (χ2n) is 4.40. The number of hydrogen-bond acceptors (Lipinski definition) is 5. The van der Waals surface area contributed by atoms with Gasteiger partial charge in [0.15, 0.2) is 6.29 Å². The van der Waals surface area contributed by atoms with E-state index in [1.165, 1.54) is 0 Å². The van der Waals surface area contributed by atoms with Crippen LogP contribution in [0.25, 0.3) is 0 Å². The van der Waals surface area contributed by atoms with Crippen molar-refractivity contribution in [1.29, 1.82) is 0 Å². The van der Waals surface area contributed by atoms with Gasteiger partial charge in [0, 0.05) is 0 Å². The van der Waals surface area contributed by atoms with Crippen molar-refractivity contribution in [3.05, 3.63) is 0 Å². The van der Waals surface area contributed by atoms with Crippen LogP contribution in [0.4, 0.5) is 0 Å². The quantitative estimate of drug-likeness (QED) is 0.486. The highest BCUT2D eigenvalue weighted by atomic mass is 16.6. The minimum absolute atomic E-state index is 0.310. The standard InChI is InChI=1S/C11H23NO4/c1-3-4-5-6-12-8-7(2)16-11(15)10(14)9(8)13/h7-15H,3-6H2,1-2H3/t7-,8-,9+,10+,11+/m1/s1. The number of aliphatic hydroxyl groups excluding tert-OH is 3. The van der Waals surface area contributed by atoms with Crippen LogP contribution in [0.3, 0.4) is 0 Å². The van der Waals surface area contributed by atoms with Crippen molar-refractivity contribution in [3.8, 4) is 0 Å². The van der Waals surface area contributed by atoms with Gasteiger partial charge in [-0.05, 0) is 19.9 Å². The lowest BCUT2D eigenvalue weighted by molar-refractivity contribution is -0.253. The molecule has 5 atom stereocenters. The lowest BCUT2D eigenvalue weighted by Gasteiger charge is -2.40. The molecule has 5 nitrogen and oxygen atoms in total. The van der Waals surface area contributed by atoms with Gasteiger partial charge >= 0.3 is 0 Å². The Morgan fingerprint density at radius 1 is 1.12 bits per heavy atom. The van der Waals surface area contributed by atoms with Gasteiger partial charge in [-0.25, -0.2) is 0 Å². The molecule has 0 aromatic rings. The zero-order chi connectivity index (χ0) is 12.1. The molecule has 1 aliphatic heterocycles. The maximum Gasteiger partial charge on any atom is 0.183 e. The third-order valence-electron chi connectivity index (χ3n) is 3.03. The molecule has 1 aliphatic rings. The number of nitrogens with one attached hydrogen (secondary N) is 1. The van der Waals surface area contributed by atoms with Gasteiger partial charge in [0.1, 0.15) is 12.2 Å². The second-order valence-corrected chi connectivity index (χ2v) is 4.40. The van der Waals surface area contributed by atoms with Crippen LogP contribution in [-0.2, 0) is 4.74 Å². The van der Waals surface area contributed by atoms with Crippen molar-refractivity contribution in [3.63, 3.8) is 0 Å². The molecular weight excluding hydrogens is 210 g/mol. The normalized spacial score (nSPS) is 39.9. The van der Waals surface area contributed by atoms with Crippen molar-refractivity contribution in [1.82, 2.24) is 5.32 Å². The van der Waals surface area contributed by atoms with E-state index >= 15 is 0 Å². The molecule has 0 spiro atoms. The molecule has 1 rings (SSSR count). The Bertz CT molecular complexity index is 202. The summed E-state index contributed by atoms with van der Waals surface area (Å²) in [4.78, 5) is 0. The predicted octanol–water partition coefficient (Wildman–Crippen LogP) is -0.406. The average Bonchev–Trinajstić information content (AvgIpc) is 2.25. The van der Waals surface area contributed by atoms with Crippen LogP contribution in [0, 0.1) is 0 Å². The monoisotopic (exact) mass is 233 g/mol. The average molecular weight is 233 g/mol. The topological polar surface area (TPSA) is 82.0 Å². The summed E-state index contributed by atoms with van der Waals surface area (Å²) in [6.07, 6.45) is -0.516. The molecule has 1 heterocycles. The van der Waals surface area contributed by atoms with Gasteiger partial charge in [0.05, 0.1) is 12.1 Å². The highest BCUT2D eigenvalue weighted by molar-refractivity contribution is 4.91. The van der Waals surface area contributed by atoms with E-state index < -0.39 is 18.5 Å². The summed E-state index contributed by atoms with van der Waals surface area (Å²) in [5.74, 6) is 0. The van der Waals surface area contributed by atoms with Crippen LogP contribution < -0.4 is 5.32 Å². The highest BCUT2D eigenvalue weighted by Crippen LogP contribution is 2.19. The SMILES string of the molecule is CCCCCN[C@H]1[C@H](O)[C@H](O)[C@@H](O)O[C@@H]1C. The highest BCUT2D eigenvalue weighted by Gasteiger charge is 2.41. The molecule has 4 N–H and O–H groups in total. The van der Waals surface area contributed by atoms with Gasteiger partial charge in [-0.2, -0.15) is 0 Å². The molecule has 1 saturated heterocycles. The summed E-state index contributed by atoms with van der Waals surface area (Å²) >= 11 is 0. The lowest BCUT2D eigenvalue weighted by Crippen LogP contribution is -2.61. The van der Waals surface area contributed by atoms with Crippen molar-refractivity contribution in [2.24, 2.45) is 0 Å². The number of ether oxygens (including phenoxy) is 1. The molecule has 0 aromatic heterocycles. The summed E-state index contributed by atoms with van der Waals surface area (Å²) in [5, 5.41) is 31.7. The Balaban J connectivity index is 2.38. The maximum atomic E-state index is 9.78. The van der Waals surface area contributed by atoms with Gasteiger partial charge < -0.3 is 25.4 Å². The second kappa shape index (κ2) is 6.51. The molecule has 5 heteroatoms. The van der Waals surface area contributed by atoms with Crippen molar-refractivity contribution >= 4 is 0 Å². The number of hydrogen-bond donors (Lipinski definition) is 4. The Labute approximate surface area is 96.4 Å². The molecular formula is C11H23NO4. The van der Waals surface area contributed by atoms with E-state index in [2.05, 4.69) is 12.2 Å². The van der Waals surface area contributed by atoms with E-state index in [0.29, 0.717) is 0 Å². The fourth-order valence-electron chi connectivity index (χ4n) is 1.97. The minimum Gasteiger partial charge on any atom is -0.388 e. The molecule has 0 aromatic carbocycles. The molecule has 0 amide bonds. The van der Waals surface area contributed by atoms with Crippen LogP contribution >= 0.6 is 0 Å². The molecule has 1 fully saturated rings. The molecule has 0 saturated carbocycles. The number of unbranched alkanes of at least 4 members (excludes halogenated alkanes) is 2. The van der Waals surface area contributed by atoms with Crippen molar-refractivity contribution < 1.29 is 20.1 Å². The fourth-order valence-corrected chi connectivity index (χ4v) is 1.97. The van der Waals surface area contributed by atoms with Gasteiger partial charge in [0.25, 0.3) is 0 Å². The van der Waals surface area contributed by atoms with Crippen molar-refractivity contribution in [2.45, 2.75) is 63.8 Å². The molecule has 96 valence electrons. The fraction of sp³-hybridized carbons (Fsp3) is 1.00. The Morgan fingerprint density at radius 2 is 1.81 bits per heavy atom. The zero-order valence-corrected chi connectivity index (χ0v) is 9.97. The predicted molar refractivity (Wildman–Crippen MR) is 59.9 cm³/mol. The Kier molecular flexibility index (Phi) is 5.64. The molecule has 0 aliphatic carbocycles. The summed E-state index contributed by atoms with van der Waals surface area (Å²) in [7, 11) is 0. The van der Waals surface area contributed by atoms with Gasteiger partial charge in [-0.3, -0.25) is 0 Å². The first-order chi connectivity index (χ1) is 7.57. The molecule has 0 unspecified atom stereocenters. The summed E-state index contributed by atoms with van der Waals surface area (Å²) < 4.78 is 5.12. The van der Waals surface area contributed by atoms with E-state index in [1.807, 2.05) is 0 Å². The summed E-state index contributed by atoms with van der Waals surface area (Å²) in [6.45, 7) is 4.68. The first-order valence-corrected chi connectivity index (χ1v) is 6.01. The lowest BCUT2D eigenvalue weighted by atomic mass is 9.97. The van der Waals surface area contributed by atoms with E-state index in [1.54, 1.807) is 6.92 Å². The first-order valence-electron chi connectivity index (χ1n) is 6.01. The van der Waals surface area contributed by atoms with Crippen LogP contribution in [-0.4, -0.2) is 52.5 Å². The van der Waals surface area contributed by atoms with Crippen LogP contribution in [0.15, 0.2) is 0 Å². The van der Waals surface area contributed by atoms with E-state index in [-0.39, 0.29) is 12.1 Å². The van der Waals surface area contributed by atoms with Gasteiger partial charge in [0.2, 0.25) is 0 Å². The molecule has 0 bridgehead atoms. The number of rotatable bonds is 5. The summed E-state index contributed by atoms with van der Waals surface area (Å²) in [6, 6.07) is -0.324. The molecule has 16 heavy (non-hydrogen) atoms. The first kappa shape index (κ1) is 13.9. The van der Waals surface area contributed by atoms with Crippen LogP contribution in [0.1, 0.15) is 33.1 Å². The smallest absolute Gasteiger partial charge is 0.183 e. The largest absolute Gasteiger partial charge is 0.388 e. The summed E-state index contributed by atoms with van der Waals surface area (Å²) in [5.41, 5.74) is 0. The van der Waals surface area contributed by atoms with Gasteiger partial charge in [-0.1, -0.05) is 19.8 Å².